The Hall–Kier alpha value is -2.20. The summed E-state index contributed by atoms with van der Waals surface area (Å²) in [7, 11) is 0. The van der Waals surface area contributed by atoms with Gasteiger partial charge in [-0.3, -0.25) is 4.79 Å². The molecular weight excluding hydrogens is 326 g/mol. The van der Waals surface area contributed by atoms with Gasteiger partial charge in [0, 0.05) is 17.0 Å². The summed E-state index contributed by atoms with van der Waals surface area (Å²) in [4.78, 5) is 12.5. The second-order valence-corrected chi connectivity index (χ2v) is 6.34. The van der Waals surface area contributed by atoms with Gasteiger partial charge in [-0.25, -0.2) is 0 Å². The quantitative estimate of drug-likeness (QED) is 0.909. The van der Waals surface area contributed by atoms with Crippen molar-refractivity contribution in [3.8, 4) is 11.5 Å². The highest BCUT2D eigenvalue weighted by atomic mass is 35.5. The van der Waals surface area contributed by atoms with Crippen molar-refractivity contribution in [2.45, 2.75) is 32.4 Å². The number of rotatable bonds is 4. The van der Waals surface area contributed by atoms with Gasteiger partial charge >= 0.3 is 0 Å². The predicted molar refractivity (Wildman–Crippen MR) is 93.7 cm³/mol. The van der Waals surface area contributed by atoms with Gasteiger partial charge in [0.1, 0.15) is 11.5 Å². The number of amides is 1. The lowest BCUT2D eigenvalue weighted by atomic mass is 10.0. The van der Waals surface area contributed by atoms with Crippen molar-refractivity contribution in [1.82, 2.24) is 5.32 Å². The average Bonchev–Trinajstić information content (AvgIpc) is 2.57. The molecule has 1 aliphatic rings. The second kappa shape index (κ2) is 7.14. The number of benzene rings is 2. The van der Waals surface area contributed by atoms with Gasteiger partial charge in [0.05, 0.1) is 12.6 Å². The second-order valence-electron chi connectivity index (χ2n) is 5.91. The van der Waals surface area contributed by atoms with E-state index in [9.17, 15) is 4.79 Å². The lowest BCUT2D eigenvalue weighted by Gasteiger charge is -2.27. The van der Waals surface area contributed by atoms with E-state index in [0.717, 1.165) is 23.3 Å². The third-order valence-electron chi connectivity index (χ3n) is 4.08. The van der Waals surface area contributed by atoms with E-state index in [2.05, 4.69) is 5.32 Å². The Balaban J connectivity index is 1.67. The molecule has 0 saturated heterocycles. The van der Waals surface area contributed by atoms with Crippen molar-refractivity contribution in [3.63, 3.8) is 0 Å². The van der Waals surface area contributed by atoms with Crippen LogP contribution in [-0.4, -0.2) is 18.6 Å². The van der Waals surface area contributed by atoms with Crippen LogP contribution in [0.2, 0.25) is 5.02 Å². The molecule has 1 amide bonds. The van der Waals surface area contributed by atoms with Crippen molar-refractivity contribution in [1.29, 1.82) is 0 Å². The number of para-hydroxylation sites is 1. The first kappa shape index (κ1) is 16.7. The van der Waals surface area contributed by atoms with Crippen LogP contribution in [0.25, 0.3) is 0 Å². The summed E-state index contributed by atoms with van der Waals surface area (Å²) in [5.41, 5.74) is 1.91. The molecule has 0 radical (unpaired) electrons. The topological polar surface area (TPSA) is 47.6 Å². The summed E-state index contributed by atoms with van der Waals surface area (Å²) < 4.78 is 11.4. The minimum atomic E-state index is -0.597. The van der Waals surface area contributed by atoms with Crippen LogP contribution in [0.15, 0.2) is 42.5 Å². The molecule has 2 aromatic carbocycles. The number of halogens is 1. The Bertz CT molecular complexity index is 747. The fourth-order valence-corrected chi connectivity index (χ4v) is 3.00. The van der Waals surface area contributed by atoms with E-state index in [1.54, 1.807) is 19.1 Å². The highest BCUT2D eigenvalue weighted by Gasteiger charge is 2.25. The highest BCUT2D eigenvalue weighted by molar-refractivity contribution is 6.30. The number of fused-ring (bicyclic) bond motifs is 1. The molecule has 1 N–H and O–H groups in total. The van der Waals surface area contributed by atoms with Crippen LogP contribution in [0.3, 0.4) is 0 Å². The average molecular weight is 346 g/mol. The third-order valence-corrected chi connectivity index (χ3v) is 4.32. The molecule has 0 bridgehead atoms. The first-order valence-corrected chi connectivity index (χ1v) is 8.37. The number of carbonyl (C=O) groups excluding carboxylic acids is 1. The fourth-order valence-electron chi connectivity index (χ4n) is 2.77. The molecule has 5 heteroatoms. The Morgan fingerprint density at radius 2 is 2.12 bits per heavy atom. The Morgan fingerprint density at radius 1 is 1.33 bits per heavy atom. The molecule has 0 aromatic heterocycles. The highest BCUT2D eigenvalue weighted by Crippen LogP contribution is 2.31. The number of ether oxygens (including phenoxy) is 2. The zero-order valence-electron chi connectivity index (χ0n) is 13.7. The number of hydrogen-bond donors (Lipinski definition) is 1. The van der Waals surface area contributed by atoms with E-state index in [-0.39, 0.29) is 11.9 Å². The van der Waals surface area contributed by atoms with Crippen LogP contribution in [0.1, 0.15) is 30.5 Å². The molecule has 2 atom stereocenters. The molecule has 24 heavy (non-hydrogen) atoms. The normalized spacial score (nSPS) is 17.4. The van der Waals surface area contributed by atoms with Crippen molar-refractivity contribution in [3.05, 3.63) is 58.6 Å². The summed E-state index contributed by atoms with van der Waals surface area (Å²) in [5, 5.41) is 3.70. The number of aryl methyl sites for hydroxylation is 1. The zero-order valence-corrected chi connectivity index (χ0v) is 14.5. The maximum atomic E-state index is 12.5. The Kier molecular flexibility index (Phi) is 4.95. The lowest BCUT2D eigenvalue weighted by Crippen LogP contribution is -2.40. The van der Waals surface area contributed by atoms with Crippen LogP contribution in [0, 0.1) is 6.92 Å². The molecule has 0 saturated carbocycles. The minimum absolute atomic E-state index is 0.0557. The largest absolute Gasteiger partial charge is 0.493 e. The molecular formula is C19H20ClNO3. The summed E-state index contributed by atoms with van der Waals surface area (Å²) in [6.45, 7) is 4.24. The van der Waals surface area contributed by atoms with E-state index in [1.807, 2.05) is 37.3 Å². The van der Waals surface area contributed by atoms with Crippen LogP contribution in [0.5, 0.6) is 11.5 Å². The molecule has 2 unspecified atom stereocenters. The van der Waals surface area contributed by atoms with E-state index in [4.69, 9.17) is 21.1 Å². The maximum Gasteiger partial charge on any atom is 0.261 e. The summed E-state index contributed by atoms with van der Waals surface area (Å²) >= 11 is 5.95. The van der Waals surface area contributed by atoms with Gasteiger partial charge in [0.2, 0.25) is 0 Å². The minimum Gasteiger partial charge on any atom is -0.493 e. The van der Waals surface area contributed by atoms with Crippen LogP contribution in [0.4, 0.5) is 0 Å². The van der Waals surface area contributed by atoms with Gasteiger partial charge in [0.15, 0.2) is 6.10 Å². The van der Waals surface area contributed by atoms with Gasteiger partial charge in [-0.1, -0.05) is 29.8 Å². The summed E-state index contributed by atoms with van der Waals surface area (Å²) in [5.74, 6) is 1.34. The van der Waals surface area contributed by atoms with Crippen LogP contribution >= 0.6 is 11.6 Å². The lowest BCUT2D eigenvalue weighted by molar-refractivity contribution is -0.128. The first-order valence-electron chi connectivity index (χ1n) is 7.99. The van der Waals surface area contributed by atoms with E-state index < -0.39 is 6.10 Å². The molecule has 3 rings (SSSR count). The molecule has 0 spiro atoms. The predicted octanol–water partition coefficient (Wildman–Crippen LogP) is 4.06. The Labute approximate surface area is 146 Å². The molecule has 1 heterocycles. The van der Waals surface area contributed by atoms with Crippen molar-refractivity contribution < 1.29 is 14.3 Å². The molecule has 0 fully saturated rings. The summed E-state index contributed by atoms with van der Waals surface area (Å²) in [6.07, 6.45) is 0.148. The van der Waals surface area contributed by atoms with Crippen molar-refractivity contribution in [2.24, 2.45) is 0 Å². The zero-order chi connectivity index (χ0) is 17.1. The van der Waals surface area contributed by atoms with Crippen molar-refractivity contribution >= 4 is 17.5 Å². The van der Waals surface area contributed by atoms with Gasteiger partial charge < -0.3 is 14.8 Å². The SMILES string of the molecule is Cc1cc(Cl)ccc1OC(C)C(=O)NC1CCOc2ccccc21. The smallest absolute Gasteiger partial charge is 0.261 e. The van der Waals surface area contributed by atoms with Crippen LogP contribution < -0.4 is 14.8 Å². The van der Waals surface area contributed by atoms with Gasteiger partial charge in [-0.15, -0.1) is 0 Å². The van der Waals surface area contributed by atoms with Gasteiger partial charge in [-0.2, -0.15) is 0 Å². The van der Waals surface area contributed by atoms with Crippen LogP contribution in [-0.2, 0) is 4.79 Å². The number of nitrogens with one attached hydrogen (secondary N) is 1. The standard InChI is InChI=1S/C19H20ClNO3/c1-12-11-14(20)7-8-17(12)24-13(2)19(22)21-16-9-10-23-18-6-4-3-5-15(16)18/h3-8,11,13,16H,9-10H2,1-2H3,(H,21,22). The number of carbonyl (C=O) groups is 1. The first-order chi connectivity index (χ1) is 11.5. The molecule has 2 aromatic rings. The van der Waals surface area contributed by atoms with Gasteiger partial charge in [0.25, 0.3) is 5.91 Å². The third kappa shape index (κ3) is 3.65. The monoisotopic (exact) mass is 345 g/mol. The molecule has 4 nitrogen and oxygen atoms in total. The number of hydrogen-bond acceptors (Lipinski definition) is 3. The molecule has 126 valence electrons. The maximum absolute atomic E-state index is 12.5. The van der Waals surface area contributed by atoms with E-state index >= 15 is 0 Å². The summed E-state index contributed by atoms with van der Waals surface area (Å²) in [6, 6.07) is 13.1. The van der Waals surface area contributed by atoms with Gasteiger partial charge in [-0.05, 0) is 43.7 Å². The Morgan fingerprint density at radius 3 is 2.92 bits per heavy atom. The molecule has 1 aliphatic heterocycles. The fraction of sp³-hybridized carbons (Fsp3) is 0.316. The van der Waals surface area contributed by atoms with E-state index in [0.29, 0.717) is 17.4 Å². The molecule has 0 aliphatic carbocycles. The van der Waals surface area contributed by atoms with Crippen molar-refractivity contribution in [2.75, 3.05) is 6.61 Å². The van der Waals surface area contributed by atoms with E-state index in [1.165, 1.54) is 0 Å².